The van der Waals surface area contributed by atoms with Crippen molar-refractivity contribution >= 4 is 6.03 Å². The first kappa shape index (κ1) is 17.6. The maximum absolute atomic E-state index is 12.6. The minimum absolute atomic E-state index is 0.0583. The molecular formula is C18H28N2O3. The van der Waals surface area contributed by atoms with Crippen LogP contribution in [-0.4, -0.2) is 44.3 Å². The summed E-state index contributed by atoms with van der Waals surface area (Å²) >= 11 is 0. The van der Waals surface area contributed by atoms with Crippen molar-refractivity contribution in [3.05, 3.63) is 29.8 Å². The SMILES string of the molecule is COc1ccccc1[C@H](CC(C)C)NC(=O)N(C)[C@@H]1CCOC1. The molecule has 5 heteroatoms. The van der Waals surface area contributed by atoms with Gasteiger partial charge in [-0.3, -0.25) is 0 Å². The molecule has 0 aliphatic carbocycles. The van der Waals surface area contributed by atoms with Crippen molar-refractivity contribution < 1.29 is 14.3 Å². The van der Waals surface area contributed by atoms with Gasteiger partial charge in [0.25, 0.3) is 0 Å². The van der Waals surface area contributed by atoms with E-state index >= 15 is 0 Å². The number of hydrogen-bond donors (Lipinski definition) is 1. The van der Waals surface area contributed by atoms with Gasteiger partial charge >= 0.3 is 6.03 Å². The molecule has 0 saturated carbocycles. The van der Waals surface area contributed by atoms with E-state index in [1.807, 2.05) is 31.3 Å². The smallest absolute Gasteiger partial charge is 0.317 e. The molecule has 2 amide bonds. The second-order valence-corrected chi connectivity index (χ2v) is 6.50. The summed E-state index contributed by atoms with van der Waals surface area (Å²) < 4.78 is 10.8. The summed E-state index contributed by atoms with van der Waals surface area (Å²) in [6.45, 7) is 5.66. The lowest BCUT2D eigenvalue weighted by atomic mass is 9.96. The Kier molecular flexibility index (Phi) is 6.28. The van der Waals surface area contributed by atoms with E-state index in [-0.39, 0.29) is 18.1 Å². The Morgan fingerprint density at radius 2 is 2.17 bits per heavy atom. The van der Waals surface area contributed by atoms with Crippen molar-refractivity contribution in [1.82, 2.24) is 10.2 Å². The predicted octanol–water partition coefficient (Wildman–Crippen LogP) is 3.21. The standard InChI is InChI=1S/C18H28N2O3/c1-13(2)11-16(15-7-5-6-8-17(15)22-4)19-18(21)20(3)14-9-10-23-12-14/h5-8,13-14,16H,9-12H2,1-4H3,(H,19,21)/t14-,16+/m1/s1. The second-order valence-electron chi connectivity index (χ2n) is 6.50. The summed E-state index contributed by atoms with van der Waals surface area (Å²) in [7, 11) is 3.50. The monoisotopic (exact) mass is 320 g/mol. The van der Waals surface area contributed by atoms with E-state index in [1.165, 1.54) is 0 Å². The molecule has 1 N–H and O–H groups in total. The van der Waals surface area contributed by atoms with Gasteiger partial charge < -0.3 is 19.7 Å². The van der Waals surface area contributed by atoms with Crippen LogP contribution >= 0.6 is 0 Å². The molecule has 0 aromatic heterocycles. The number of likely N-dealkylation sites (N-methyl/N-ethyl adjacent to an activating group) is 1. The fourth-order valence-corrected chi connectivity index (χ4v) is 2.93. The molecular weight excluding hydrogens is 292 g/mol. The van der Waals surface area contributed by atoms with Crippen molar-refractivity contribution in [2.24, 2.45) is 5.92 Å². The minimum atomic E-state index is -0.0663. The predicted molar refractivity (Wildman–Crippen MR) is 90.7 cm³/mol. The quantitative estimate of drug-likeness (QED) is 0.875. The Morgan fingerprint density at radius 3 is 2.78 bits per heavy atom. The lowest BCUT2D eigenvalue weighted by Gasteiger charge is -2.28. The largest absolute Gasteiger partial charge is 0.496 e. The molecule has 2 rings (SSSR count). The van der Waals surface area contributed by atoms with Crippen LogP contribution < -0.4 is 10.1 Å². The zero-order valence-electron chi connectivity index (χ0n) is 14.5. The average Bonchev–Trinajstić information content (AvgIpc) is 3.07. The molecule has 0 unspecified atom stereocenters. The van der Waals surface area contributed by atoms with E-state index < -0.39 is 0 Å². The Labute approximate surface area is 139 Å². The lowest BCUT2D eigenvalue weighted by Crippen LogP contribution is -2.45. The summed E-state index contributed by atoms with van der Waals surface area (Å²) in [5.74, 6) is 1.27. The van der Waals surface area contributed by atoms with Crippen molar-refractivity contribution in [3.8, 4) is 5.75 Å². The van der Waals surface area contributed by atoms with Gasteiger partial charge in [0.1, 0.15) is 5.75 Å². The molecule has 128 valence electrons. The van der Waals surface area contributed by atoms with Gasteiger partial charge in [0.2, 0.25) is 0 Å². The molecule has 1 saturated heterocycles. The molecule has 1 aromatic carbocycles. The van der Waals surface area contributed by atoms with Gasteiger partial charge in [-0.1, -0.05) is 32.0 Å². The van der Waals surface area contributed by atoms with E-state index in [0.717, 1.165) is 30.8 Å². The van der Waals surface area contributed by atoms with Crippen LogP contribution in [0.25, 0.3) is 0 Å². The van der Waals surface area contributed by atoms with E-state index in [4.69, 9.17) is 9.47 Å². The van der Waals surface area contributed by atoms with Gasteiger partial charge in [-0.25, -0.2) is 4.79 Å². The first-order valence-corrected chi connectivity index (χ1v) is 8.27. The summed E-state index contributed by atoms with van der Waals surface area (Å²) in [6.07, 6.45) is 1.76. The van der Waals surface area contributed by atoms with Gasteiger partial charge in [-0.05, 0) is 24.8 Å². The number of carbonyl (C=O) groups excluding carboxylic acids is 1. The fourth-order valence-electron chi connectivity index (χ4n) is 2.93. The Bertz CT molecular complexity index is 513. The number of ether oxygens (including phenoxy) is 2. The zero-order chi connectivity index (χ0) is 16.8. The molecule has 1 aliphatic heterocycles. The van der Waals surface area contributed by atoms with Crippen molar-refractivity contribution in [2.75, 3.05) is 27.4 Å². The lowest BCUT2D eigenvalue weighted by molar-refractivity contribution is 0.155. The van der Waals surface area contributed by atoms with Gasteiger partial charge in [0.05, 0.1) is 25.8 Å². The highest BCUT2D eigenvalue weighted by molar-refractivity contribution is 5.75. The van der Waals surface area contributed by atoms with Gasteiger partial charge in [0.15, 0.2) is 0 Å². The van der Waals surface area contributed by atoms with E-state index in [0.29, 0.717) is 12.5 Å². The number of urea groups is 1. The zero-order valence-corrected chi connectivity index (χ0v) is 14.5. The Hall–Kier alpha value is -1.75. The van der Waals surface area contributed by atoms with Crippen LogP contribution in [0.15, 0.2) is 24.3 Å². The molecule has 2 atom stereocenters. The van der Waals surface area contributed by atoms with Crippen LogP contribution in [0.2, 0.25) is 0 Å². The van der Waals surface area contributed by atoms with E-state index in [9.17, 15) is 4.79 Å². The third-order valence-electron chi connectivity index (χ3n) is 4.29. The van der Waals surface area contributed by atoms with Crippen molar-refractivity contribution in [3.63, 3.8) is 0 Å². The second kappa shape index (κ2) is 8.20. The number of nitrogens with one attached hydrogen (secondary N) is 1. The Balaban J connectivity index is 2.13. The van der Waals surface area contributed by atoms with Crippen LogP contribution in [0.3, 0.4) is 0 Å². The highest BCUT2D eigenvalue weighted by Crippen LogP contribution is 2.29. The summed E-state index contributed by atoms with van der Waals surface area (Å²) in [6, 6.07) is 7.91. The summed E-state index contributed by atoms with van der Waals surface area (Å²) in [5.41, 5.74) is 1.02. The molecule has 0 bridgehead atoms. The third-order valence-corrected chi connectivity index (χ3v) is 4.29. The highest BCUT2D eigenvalue weighted by atomic mass is 16.5. The Morgan fingerprint density at radius 1 is 1.43 bits per heavy atom. The van der Waals surface area contributed by atoms with Crippen LogP contribution in [0, 0.1) is 5.92 Å². The molecule has 1 fully saturated rings. The fraction of sp³-hybridized carbons (Fsp3) is 0.611. The van der Waals surface area contributed by atoms with Crippen molar-refractivity contribution in [1.29, 1.82) is 0 Å². The first-order chi connectivity index (χ1) is 11.0. The number of carbonyl (C=O) groups is 1. The van der Waals surface area contributed by atoms with Crippen LogP contribution in [0.1, 0.15) is 38.3 Å². The summed E-state index contributed by atoms with van der Waals surface area (Å²) in [5, 5.41) is 3.17. The molecule has 1 aromatic rings. The minimum Gasteiger partial charge on any atom is -0.496 e. The van der Waals surface area contributed by atoms with Crippen LogP contribution in [-0.2, 0) is 4.74 Å². The van der Waals surface area contributed by atoms with Crippen LogP contribution in [0.5, 0.6) is 5.75 Å². The number of nitrogens with zero attached hydrogens (tertiary/aromatic N) is 1. The molecule has 5 nitrogen and oxygen atoms in total. The molecule has 23 heavy (non-hydrogen) atoms. The number of benzene rings is 1. The number of hydrogen-bond acceptors (Lipinski definition) is 3. The topological polar surface area (TPSA) is 50.8 Å². The number of para-hydroxylation sites is 1. The van der Waals surface area contributed by atoms with Gasteiger partial charge in [-0.2, -0.15) is 0 Å². The summed E-state index contributed by atoms with van der Waals surface area (Å²) in [4.78, 5) is 14.4. The van der Waals surface area contributed by atoms with Gasteiger partial charge in [0, 0.05) is 19.2 Å². The van der Waals surface area contributed by atoms with E-state index in [1.54, 1.807) is 12.0 Å². The maximum atomic E-state index is 12.6. The third kappa shape index (κ3) is 4.61. The maximum Gasteiger partial charge on any atom is 0.317 e. The average molecular weight is 320 g/mol. The normalized spacial score (nSPS) is 18.7. The number of rotatable bonds is 6. The van der Waals surface area contributed by atoms with E-state index in [2.05, 4.69) is 19.2 Å². The number of amides is 2. The van der Waals surface area contributed by atoms with Crippen LogP contribution in [0.4, 0.5) is 4.79 Å². The number of methoxy groups -OCH3 is 1. The van der Waals surface area contributed by atoms with Gasteiger partial charge in [-0.15, -0.1) is 0 Å². The molecule has 0 radical (unpaired) electrons. The highest BCUT2D eigenvalue weighted by Gasteiger charge is 2.27. The first-order valence-electron chi connectivity index (χ1n) is 8.27. The molecule has 0 spiro atoms. The van der Waals surface area contributed by atoms with Crippen molar-refractivity contribution in [2.45, 2.75) is 38.8 Å². The molecule has 1 heterocycles. The molecule has 1 aliphatic rings.